The fourth-order valence-electron chi connectivity index (χ4n) is 3.35. The van der Waals surface area contributed by atoms with Crippen LogP contribution in [0.3, 0.4) is 0 Å². The number of nitrogens with zero attached hydrogens (tertiary/aromatic N) is 3. The molecule has 3 aromatic rings. The third-order valence-electron chi connectivity index (χ3n) is 4.86. The van der Waals surface area contributed by atoms with Gasteiger partial charge in [0.2, 0.25) is 5.91 Å². The van der Waals surface area contributed by atoms with Crippen LogP contribution in [-0.2, 0) is 9.59 Å². The van der Waals surface area contributed by atoms with Crippen molar-refractivity contribution in [1.29, 1.82) is 0 Å². The number of carbonyl (C=O) groups excluding carboxylic acids is 2. The van der Waals surface area contributed by atoms with Gasteiger partial charge < -0.3 is 10.0 Å². The third kappa shape index (κ3) is 4.76. The first kappa shape index (κ1) is 21.5. The maximum Gasteiger partial charge on any atom is 0.260 e. The van der Waals surface area contributed by atoms with Gasteiger partial charge in [0.15, 0.2) is 0 Å². The largest absolute Gasteiger partial charge is 0.507 e. The number of halogens is 1. The van der Waals surface area contributed by atoms with E-state index < -0.39 is 5.91 Å². The average Bonchev–Trinajstić information content (AvgIpc) is 2.92. The molecule has 2 N–H and O–H groups in total. The highest BCUT2D eigenvalue weighted by atomic mass is 79.9. The number of hydrazone groups is 1. The molecule has 8 heteroatoms. The van der Waals surface area contributed by atoms with E-state index in [4.69, 9.17) is 0 Å². The lowest BCUT2D eigenvalue weighted by atomic mass is 10.0. The van der Waals surface area contributed by atoms with Gasteiger partial charge in [0, 0.05) is 21.2 Å². The lowest BCUT2D eigenvalue weighted by molar-refractivity contribution is -0.123. The number of phenolic OH excluding ortho intramolecular Hbond substituents is 1. The van der Waals surface area contributed by atoms with Crippen LogP contribution in [-0.4, -0.2) is 41.9 Å². The number of aliphatic imine (C=N–C) groups is 1. The summed E-state index contributed by atoms with van der Waals surface area (Å²) < 4.78 is 0.839. The van der Waals surface area contributed by atoms with Gasteiger partial charge in [0.05, 0.1) is 17.6 Å². The Labute approximate surface area is 193 Å². The Morgan fingerprint density at radius 3 is 2.66 bits per heavy atom. The summed E-state index contributed by atoms with van der Waals surface area (Å²) in [7, 11) is 0. The molecule has 0 radical (unpaired) electrons. The molecule has 1 heterocycles. The lowest BCUT2D eigenvalue weighted by Crippen LogP contribution is -2.40. The standard InChI is InChI=1S/C24H19BrN4O3/c25-18-10-11-20-19(12-18)24(16-6-2-1-3-7-16)26-14-23(32)29(20)15-22(31)28-27-13-17-8-4-5-9-21(17)30/h1-13,30H,14-15H2,(H,28,31). The average molecular weight is 491 g/mol. The minimum Gasteiger partial charge on any atom is -0.507 e. The van der Waals surface area contributed by atoms with Gasteiger partial charge in [-0.1, -0.05) is 58.4 Å². The van der Waals surface area contributed by atoms with E-state index >= 15 is 0 Å². The summed E-state index contributed by atoms with van der Waals surface area (Å²) in [6.07, 6.45) is 1.35. The molecular weight excluding hydrogens is 472 g/mol. The molecule has 32 heavy (non-hydrogen) atoms. The minimum absolute atomic E-state index is 0.0540. The SMILES string of the molecule is O=C(CN1C(=O)CN=C(c2ccccc2)c2cc(Br)ccc21)NN=Cc1ccccc1O. The van der Waals surface area contributed by atoms with Crippen LogP contribution < -0.4 is 10.3 Å². The zero-order valence-electron chi connectivity index (χ0n) is 16.9. The topological polar surface area (TPSA) is 94.4 Å². The Kier molecular flexibility index (Phi) is 6.42. The molecule has 3 aromatic carbocycles. The maximum atomic E-state index is 12.9. The van der Waals surface area contributed by atoms with Gasteiger partial charge in [-0.05, 0) is 30.3 Å². The van der Waals surface area contributed by atoms with Crippen molar-refractivity contribution in [2.75, 3.05) is 18.0 Å². The monoisotopic (exact) mass is 490 g/mol. The zero-order chi connectivity index (χ0) is 22.5. The fraction of sp³-hybridized carbons (Fsp3) is 0.0833. The van der Waals surface area contributed by atoms with Crippen molar-refractivity contribution in [3.63, 3.8) is 0 Å². The Morgan fingerprint density at radius 1 is 1.12 bits per heavy atom. The van der Waals surface area contributed by atoms with E-state index in [-0.39, 0.29) is 24.7 Å². The molecule has 4 rings (SSSR count). The number of fused-ring (bicyclic) bond motifs is 1. The van der Waals surface area contributed by atoms with Crippen LogP contribution in [0.4, 0.5) is 5.69 Å². The van der Waals surface area contributed by atoms with Crippen molar-refractivity contribution in [3.8, 4) is 5.75 Å². The minimum atomic E-state index is -0.470. The van der Waals surface area contributed by atoms with Crippen molar-refractivity contribution in [1.82, 2.24) is 5.43 Å². The molecule has 0 fully saturated rings. The molecule has 2 amide bonds. The molecule has 0 unspecified atom stereocenters. The Morgan fingerprint density at radius 2 is 1.88 bits per heavy atom. The second-order valence-electron chi connectivity index (χ2n) is 7.02. The van der Waals surface area contributed by atoms with Crippen molar-refractivity contribution in [2.24, 2.45) is 10.1 Å². The number of benzene rings is 3. The van der Waals surface area contributed by atoms with E-state index in [0.717, 1.165) is 15.6 Å². The second kappa shape index (κ2) is 9.57. The highest BCUT2D eigenvalue weighted by Gasteiger charge is 2.27. The van der Waals surface area contributed by atoms with Crippen molar-refractivity contribution in [2.45, 2.75) is 0 Å². The van der Waals surface area contributed by atoms with Gasteiger partial charge in [-0.25, -0.2) is 5.43 Å². The van der Waals surface area contributed by atoms with Crippen LogP contribution >= 0.6 is 15.9 Å². The van der Waals surface area contributed by atoms with E-state index in [1.165, 1.54) is 17.2 Å². The lowest BCUT2D eigenvalue weighted by Gasteiger charge is -2.22. The van der Waals surface area contributed by atoms with Crippen LogP contribution in [0.2, 0.25) is 0 Å². The number of carbonyl (C=O) groups is 2. The van der Waals surface area contributed by atoms with E-state index in [1.54, 1.807) is 24.3 Å². The molecule has 0 aromatic heterocycles. The van der Waals surface area contributed by atoms with Crippen LogP contribution in [0, 0.1) is 0 Å². The Hall–Kier alpha value is -3.78. The number of para-hydroxylation sites is 1. The van der Waals surface area contributed by atoms with E-state index in [1.807, 2.05) is 42.5 Å². The highest BCUT2D eigenvalue weighted by Crippen LogP contribution is 2.29. The summed E-state index contributed by atoms with van der Waals surface area (Å²) >= 11 is 3.49. The predicted molar refractivity (Wildman–Crippen MR) is 127 cm³/mol. The zero-order valence-corrected chi connectivity index (χ0v) is 18.5. The maximum absolute atomic E-state index is 12.9. The van der Waals surface area contributed by atoms with Crippen molar-refractivity contribution < 1.29 is 14.7 Å². The van der Waals surface area contributed by atoms with Crippen LogP contribution in [0.15, 0.2) is 87.4 Å². The highest BCUT2D eigenvalue weighted by molar-refractivity contribution is 9.10. The van der Waals surface area contributed by atoms with Gasteiger partial charge in [0.25, 0.3) is 5.91 Å². The molecular formula is C24H19BrN4O3. The first-order chi connectivity index (χ1) is 15.5. The number of benzodiazepines with no additional fused rings is 1. The number of nitrogens with one attached hydrogen (secondary N) is 1. The van der Waals surface area contributed by atoms with Crippen LogP contribution in [0.5, 0.6) is 5.75 Å². The molecule has 0 saturated carbocycles. The van der Waals surface area contributed by atoms with Gasteiger partial charge in [-0.15, -0.1) is 0 Å². The number of aromatic hydroxyl groups is 1. The quantitative estimate of drug-likeness (QED) is 0.423. The molecule has 0 aliphatic carbocycles. The summed E-state index contributed by atoms with van der Waals surface area (Å²) in [5.74, 6) is -0.709. The summed E-state index contributed by atoms with van der Waals surface area (Å²) in [6, 6.07) is 21.7. The Bertz CT molecular complexity index is 1220. The second-order valence-corrected chi connectivity index (χ2v) is 7.94. The molecule has 0 saturated heterocycles. The third-order valence-corrected chi connectivity index (χ3v) is 5.35. The molecule has 0 spiro atoms. The van der Waals surface area contributed by atoms with Gasteiger partial charge in [-0.2, -0.15) is 5.10 Å². The molecule has 7 nitrogen and oxygen atoms in total. The summed E-state index contributed by atoms with van der Waals surface area (Å²) in [5.41, 5.74) is 5.80. The van der Waals surface area contributed by atoms with Crippen molar-refractivity contribution >= 4 is 45.4 Å². The number of hydrogen-bond donors (Lipinski definition) is 2. The molecule has 1 aliphatic heterocycles. The predicted octanol–water partition coefficient (Wildman–Crippen LogP) is 3.49. The smallest absolute Gasteiger partial charge is 0.260 e. The molecule has 0 bridgehead atoms. The van der Waals surface area contributed by atoms with Crippen molar-refractivity contribution in [3.05, 3.63) is 94.0 Å². The number of rotatable bonds is 5. The molecule has 160 valence electrons. The molecule has 0 atom stereocenters. The summed E-state index contributed by atoms with van der Waals surface area (Å²) in [5, 5.41) is 13.7. The molecule has 1 aliphatic rings. The number of hydrogen-bond acceptors (Lipinski definition) is 5. The normalized spacial score (nSPS) is 13.5. The van der Waals surface area contributed by atoms with Crippen LogP contribution in [0.25, 0.3) is 0 Å². The summed E-state index contributed by atoms with van der Waals surface area (Å²) in [6.45, 7) is -0.297. The van der Waals surface area contributed by atoms with Gasteiger partial charge in [0.1, 0.15) is 18.8 Å². The Balaban J connectivity index is 1.58. The van der Waals surface area contributed by atoms with Crippen LogP contribution in [0.1, 0.15) is 16.7 Å². The van der Waals surface area contributed by atoms with E-state index in [9.17, 15) is 14.7 Å². The van der Waals surface area contributed by atoms with Gasteiger partial charge >= 0.3 is 0 Å². The van der Waals surface area contributed by atoms with Gasteiger partial charge in [-0.3, -0.25) is 14.6 Å². The number of phenols is 1. The number of amides is 2. The summed E-state index contributed by atoms with van der Waals surface area (Å²) in [4.78, 5) is 31.4. The first-order valence-electron chi connectivity index (χ1n) is 9.83. The first-order valence-corrected chi connectivity index (χ1v) is 10.6. The number of anilines is 1. The van der Waals surface area contributed by atoms with E-state index in [0.29, 0.717) is 17.0 Å². The van der Waals surface area contributed by atoms with E-state index in [2.05, 4.69) is 31.4 Å². The fourth-order valence-corrected chi connectivity index (χ4v) is 3.71.